The number of carbonyl (C=O) groups excluding carboxylic acids is 1. The van der Waals surface area contributed by atoms with Gasteiger partial charge in [-0.15, -0.1) is 0 Å². The van der Waals surface area contributed by atoms with Gasteiger partial charge in [0.25, 0.3) is 6.43 Å². The number of carbonyl (C=O) groups is 1. The van der Waals surface area contributed by atoms with Crippen molar-refractivity contribution in [1.82, 2.24) is 14.9 Å². The van der Waals surface area contributed by atoms with Gasteiger partial charge in [0.15, 0.2) is 0 Å². The predicted octanol–water partition coefficient (Wildman–Crippen LogP) is 4.08. The van der Waals surface area contributed by atoms with Crippen LogP contribution in [-0.2, 0) is 4.79 Å². The second-order valence-electron chi connectivity index (χ2n) is 9.07. The van der Waals surface area contributed by atoms with Gasteiger partial charge in [0.1, 0.15) is 17.3 Å². The fourth-order valence-electron chi connectivity index (χ4n) is 4.19. The molecule has 160 valence electrons. The molecule has 1 aliphatic carbocycles. The molecule has 2 aromatic heterocycles. The number of fused-ring (bicyclic) bond motifs is 4. The fraction of sp³-hybridized carbons (Fsp3) is 0.458. The van der Waals surface area contributed by atoms with E-state index in [1.807, 2.05) is 12.1 Å². The molecule has 0 aromatic carbocycles. The first-order valence-corrected chi connectivity index (χ1v) is 10.6. The van der Waals surface area contributed by atoms with E-state index in [4.69, 9.17) is 4.74 Å². The monoisotopic (exact) mass is 423 g/mol. The summed E-state index contributed by atoms with van der Waals surface area (Å²) in [5.74, 6) is 6.85. The molecule has 31 heavy (non-hydrogen) atoms. The van der Waals surface area contributed by atoms with Crippen LogP contribution in [0.1, 0.15) is 67.5 Å². The third-order valence-electron chi connectivity index (χ3n) is 6.31. The number of alkyl halides is 2. The van der Waals surface area contributed by atoms with E-state index in [0.717, 1.165) is 16.8 Å². The van der Waals surface area contributed by atoms with E-state index in [9.17, 15) is 13.6 Å². The molecule has 2 aromatic rings. The molecule has 1 saturated carbocycles. The molecule has 0 unspecified atom stereocenters. The zero-order valence-corrected chi connectivity index (χ0v) is 17.4. The maximum Gasteiger partial charge on any atom is 0.252 e. The Kier molecular flexibility index (Phi) is 4.69. The molecular weight excluding hydrogens is 400 g/mol. The van der Waals surface area contributed by atoms with E-state index in [1.165, 1.54) is 31.6 Å². The number of ether oxygens (including phenoxy) is 1. The van der Waals surface area contributed by atoms with Crippen molar-refractivity contribution in [2.75, 3.05) is 6.54 Å². The van der Waals surface area contributed by atoms with Crippen LogP contribution in [0.5, 0.6) is 5.75 Å². The summed E-state index contributed by atoms with van der Waals surface area (Å²) < 4.78 is 33.0. The van der Waals surface area contributed by atoms with Gasteiger partial charge in [-0.25, -0.2) is 8.78 Å². The molecule has 7 heteroatoms. The first-order chi connectivity index (χ1) is 14.8. The van der Waals surface area contributed by atoms with Crippen LogP contribution in [0.4, 0.5) is 8.78 Å². The summed E-state index contributed by atoms with van der Waals surface area (Å²) in [5.41, 5.74) is 1.52. The van der Waals surface area contributed by atoms with E-state index in [-0.39, 0.29) is 18.7 Å². The van der Waals surface area contributed by atoms with E-state index in [0.29, 0.717) is 23.7 Å². The minimum atomic E-state index is -2.74. The second kappa shape index (κ2) is 7.30. The van der Waals surface area contributed by atoms with Gasteiger partial charge in [0, 0.05) is 47.8 Å². The average molecular weight is 423 g/mol. The summed E-state index contributed by atoms with van der Waals surface area (Å²) in [7, 11) is 0. The molecule has 0 spiro atoms. The lowest BCUT2D eigenvalue weighted by molar-refractivity contribution is -0.149. The van der Waals surface area contributed by atoms with E-state index < -0.39 is 17.7 Å². The minimum absolute atomic E-state index is 0.239. The van der Waals surface area contributed by atoms with Crippen LogP contribution in [0.15, 0.2) is 30.7 Å². The smallest absolute Gasteiger partial charge is 0.252 e. The number of likely N-dealkylation sites (tertiary alicyclic amines) is 1. The molecule has 0 radical (unpaired) electrons. The summed E-state index contributed by atoms with van der Waals surface area (Å²) in [6.07, 6.45) is 5.06. The maximum absolute atomic E-state index is 13.4. The molecule has 2 aliphatic heterocycles. The topological polar surface area (TPSA) is 55.3 Å². The van der Waals surface area contributed by atoms with Crippen molar-refractivity contribution in [2.45, 2.75) is 57.6 Å². The Morgan fingerprint density at radius 1 is 1.23 bits per heavy atom. The fourth-order valence-corrected chi connectivity index (χ4v) is 4.19. The maximum atomic E-state index is 13.4. The average Bonchev–Trinajstić information content (AvgIpc) is 3.55. The standard InChI is InChI=1S/C24H23F2N3O2/c1-24(2,22(25)26)23(30)29-13-17-9-20(29)18-12-27-11-16(21(18)31-17)5-3-14-4-8-19(28-10-14)15-6-7-15/h4,8,10-12,15,17,20,22H,6-7,9,13H2,1-2H3/t17-,20-/m0/s1. The van der Waals surface area contributed by atoms with Crippen LogP contribution in [0.3, 0.4) is 0 Å². The molecule has 5 nitrogen and oxygen atoms in total. The molecule has 2 fully saturated rings. The summed E-state index contributed by atoms with van der Waals surface area (Å²) >= 11 is 0. The molecule has 0 N–H and O–H groups in total. The van der Waals surface area contributed by atoms with Crippen molar-refractivity contribution in [1.29, 1.82) is 0 Å². The van der Waals surface area contributed by atoms with Crippen LogP contribution in [-0.4, -0.2) is 39.8 Å². The molecule has 1 saturated heterocycles. The Morgan fingerprint density at radius 2 is 2.03 bits per heavy atom. The molecule has 1 amide bonds. The first-order valence-electron chi connectivity index (χ1n) is 10.6. The van der Waals surface area contributed by atoms with Crippen LogP contribution in [0, 0.1) is 17.3 Å². The number of nitrogens with zero attached hydrogens (tertiary/aromatic N) is 3. The van der Waals surface area contributed by atoms with Crippen molar-refractivity contribution in [2.24, 2.45) is 5.41 Å². The second-order valence-corrected chi connectivity index (χ2v) is 9.07. The summed E-state index contributed by atoms with van der Waals surface area (Å²) in [4.78, 5) is 23.2. The van der Waals surface area contributed by atoms with E-state index in [1.54, 1.807) is 18.6 Å². The van der Waals surface area contributed by atoms with Gasteiger partial charge in [0.05, 0.1) is 18.2 Å². The quantitative estimate of drug-likeness (QED) is 0.698. The van der Waals surface area contributed by atoms with E-state index in [2.05, 4.69) is 21.8 Å². The molecule has 2 atom stereocenters. The number of halogens is 2. The Balaban J connectivity index is 1.43. The lowest BCUT2D eigenvalue weighted by atomic mass is 9.91. The zero-order valence-electron chi connectivity index (χ0n) is 17.4. The Bertz CT molecular complexity index is 1080. The summed E-state index contributed by atoms with van der Waals surface area (Å²) in [5, 5.41) is 0. The molecule has 5 rings (SSSR count). The summed E-state index contributed by atoms with van der Waals surface area (Å²) in [6.45, 7) is 2.85. The van der Waals surface area contributed by atoms with Crippen LogP contribution < -0.4 is 4.74 Å². The van der Waals surface area contributed by atoms with Crippen molar-refractivity contribution >= 4 is 5.91 Å². The molecule has 4 heterocycles. The number of aromatic nitrogens is 2. The highest BCUT2D eigenvalue weighted by molar-refractivity contribution is 5.83. The molecule has 2 bridgehead atoms. The van der Waals surface area contributed by atoms with Crippen molar-refractivity contribution in [3.8, 4) is 17.6 Å². The third kappa shape index (κ3) is 3.54. The van der Waals surface area contributed by atoms with Gasteiger partial charge < -0.3 is 9.64 Å². The largest absolute Gasteiger partial charge is 0.487 e. The highest BCUT2D eigenvalue weighted by Gasteiger charge is 2.49. The van der Waals surface area contributed by atoms with Crippen molar-refractivity contribution in [3.05, 3.63) is 53.1 Å². The molecular formula is C24H23F2N3O2. The lowest BCUT2D eigenvalue weighted by Crippen LogP contribution is -2.44. The Morgan fingerprint density at radius 3 is 2.71 bits per heavy atom. The van der Waals surface area contributed by atoms with Crippen LogP contribution in [0.2, 0.25) is 0 Å². The number of pyridine rings is 2. The Hall–Kier alpha value is -3.01. The van der Waals surface area contributed by atoms with Gasteiger partial charge in [-0.2, -0.15) is 0 Å². The van der Waals surface area contributed by atoms with Gasteiger partial charge in [-0.05, 0) is 38.8 Å². The summed E-state index contributed by atoms with van der Waals surface area (Å²) in [6, 6.07) is 3.66. The van der Waals surface area contributed by atoms with Gasteiger partial charge in [-0.3, -0.25) is 14.8 Å². The van der Waals surface area contributed by atoms with E-state index >= 15 is 0 Å². The third-order valence-corrected chi connectivity index (χ3v) is 6.31. The van der Waals surface area contributed by atoms with Gasteiger partial charge >= 0.3 is 0 Å². The predicted molar refractivity (Wildman–Crippen MR) is 110 cm³/mol. The van der Waals surface area contributed by atoms with Crippen LogP contribution in [0.25, 0.3) is 0 Å². The highest BCUT2D eigenvalue weighted by atomic mass is 19.3. The number of amides is 1. The SMILES string of the molecule is CC(C)(C(=O)N1C[C@@H]2C[C@H]1c1cncc(C#Cc3ccc(C4CC4)nc3)c1O2)C(F)F. The Labute approximate surface area is 179 Å². The number of hydrogen-bond donors (Lipinski definition) is 0. The van der Waals surface area contributed by atoms with Crippen molar-refractivity contribution in [3.63, 3.8) is 0 Å². The highest BCUT2D eigenvalue weighted by Crippen LogP contribution is 2.46. The van der Waals surface area contributed by atoms with Crippen molar-refractivity contribution < 1.29 is 18.3 Å². The lowest BCUT2D eigenvalue weighted by Gasteiger charge is -2.32. The molecule has 3 aliphatic rings. The number of rotatable bonds is 3. The number of hydrogen-bond acceptors (Lipinski definition) is 4. The van der Waals surface area contributed by atoms with Crippen LogP contribution >= 0.6 is 0 Å². The minimum Gasteiger partial charge on any atom is -0.487 e. The van der Waals surface area contributed by atoms with Gasteiger partial charge in [-0.1, -0.05) is 11.8 Å². The zero-order chi connectivity index (χ0) is 21.8. The van der Waals surface area contributed by atoms with Gasteiger partial charge in [0.2, 0.25) is 5.91 Å². The first kappa shape index (κ1) is 19.9. The normalized spacial score (nSPS) is 21.9.